The molecule has 11 nitrogen and oxygen atoms in total. The van der Waals surface area contributed by atoms with Crippen LogP contribution >= 0.6 is 11.6 Å². The first-order valence-electron chi connectivity index (χ1n) is 17.1. The molecule has 2 N–H and O–H groups in total. The lowest BCUT2D eigenvalue weighted by Gasteiger charge is -2.19. The zero-order valence-electron chi connectivity index (χ0n) is 28.0. The normalized spacial score (nSPS) is 12.3. The summed E-state index contributed by atoms with van der Waals surface area (Å²) >= 11 is 6.38. The van der Waals surface area contributed by atoms with Gasteiger partial charge < -0.3 is 5.73 Å². The average Bonchev–Trinajstić information content (AvgIpc) is 3.69. The van der Waals surface area contributed by atoms with Gasteiger partial charge >= 0.3 is 11.4 Å². The molecule has 0 fully saturated rings. The van der Waals surface area contributed by atoms with E-state index >= 15 is 0 Å². The fraction of sp³-hybridized carbons (Fsp3) is 0.190. The third-order valence-corrected chi connectivity index (χ3v) is 10.1. The topological polar surface area (TPSA) is 130 Å². The third kappa shape index (κ3) is 6.16. The largest absolute Gasteiger partial charge is 0.369 e. The molecule has 4 heterocycles. The molecule has 0 saturated carbocycles. The number of rotatable bonds is 4. The van der Waals surface area contributed by atoms with E-state index in [-0.39, 0.29) is 37.5 Å². The molecular formula is C42H40ClN9O2. The van der Waals surface area contributed by atoms with Gasteiger partial charge in [0.2, 0.25) is 11.2 Å². The van der Waals surface area contributed by atoms with Gasteiger partial charge in [-0.3, -0.25) is 0 Å². The summed E-state index contributed by atoms with van der Waals surface area (Å²) < 4.78 is 5.76. The Morgan fingerprint density at radius 1 is 0.556 bits per heavy atom. The van der Waals surface area contributed by atoms with E-state index < -0.39 is 0 Å². The smallest absolute Gasteiger partial charge is 0.353 e. The molecule has 54 heavy (non-hydrogen) atoms. The lowest BCUT2D eigenvalue weighted by Crippen LogP contribution is -2.24. The highest BCUT2D eigenvalue weighted by atomic mass is 35.5. The van der Waals surface area contributed by atoms with Crippen molar-refractivity contribution in [2.24, 2.45) is 0 Å². The molecular weight excluding hydrogens is 698 g/mol. The quantitative estimate of drug-likeness (QED) is 0.194. The molecule has 0 aliphatic heterocycles. The van der Waals surface area contributed by atoms with Crippen LogP contribution in [0.15, 0.2) is 119 Å². The predicted molar refractivity (Wildman–Crippen MR) is 214 cm³/mol. The van der Waals surface area contributed by atoms with E-state index in [1.165, 1.54) is 29.3 Å². The number of nitrogens with zero attached hydrogens (tertiary/aromatic N) is 8. The summed E-state index contributed by atoms with van der Waals surface area (Å²) in [5.41, 5.74) is 17.2. The number of aryl methyl sites for hydroxylation is 4. The Morgan fingerprint density at radius 3 is 1.50 bits per heavy atom. The molecule has 8 aromatic rings. The average molecular weight is 738 g/mol. The van der Waals surface area contributed by atoms with Gasteiger partial charge in [-0.25, -0.2) is 37.7 Å². The van der Waals surface area contributed by atoms with Gasteiger partial charge in [-0.15, -0.1) is 10.2 Å². The zero-order chi connectivity index (χ0) is 35.3. The maximum Gasteiger partial charge on any atom is 0.353 e. The minimum absolute atomic E-state index is 0. The van der Waals surface area contributed by atoms with Gasteiger partial charge in [0, 0.05) is 22.3 Å². The van der Waals surface area contributed by atoms with Crippen LogP contribution in [0.4, 0.5) is 5.95 Å². The lowest BCUT2D eigenvalue weighted by atomic mass is 9.89. The van der Waals surface area contributed by atoms with Crippen LogP contribution in [0.3, 0.4) is 0 Å². The van der Waals surface area contributed by atoms with Crippen LogP contribution < -0.4 is 17.1 Å². The van der Waals surface area contributed by atoms with Crippen molar-refractivity contribution in [1.82, 2.24) is 38.3 Å². The van der Waals surface area contributed by atoms with Crippen molar-refractivity contribution < 1.29 is 0 Å². The third-order valence-electron chi connectivity index (χ3n) is 9.82. The first-order chi connectivity index (χ1) is 25.4. The van der Waals surface area contributed by atoms with Crippen molar-refractivity contribution in [2.75, 3.05) is 5.73 Å². The molecule has 2 aliphatic rings. The van der Waals surface area contributed by atoms with Crippen LogP contribution in [-0.4, -0.2) is 38.3 Å². The van der Waals surface area contributed by atoms with E-state index in [2.05, 4.69) is 38.4 Å². The van der Waals surface area contributed by atoms with Gasteiger partial charge in [0.05, 0.1) is 24.5 Å². The van der Waals surface area contributed by atoms with Gasteiger partial charge in [0.25, 0.3) is 0 Å². The SMILES string of the molecule is C.C.Nc1nc2c(c3nn(Cc4ccccc4)c(=O)n13)CCc1ccccc1-2.O=c1n(Cc2ccccc2)nc2c3c(nc(Cl)n12)-c1ccccc1CC3. The highest BCUT2D eigenvalue weighted by Gasteiger charge is 2.26. The van der Waals surface area contributed by atoms with Crippen molar-refractivity contribution in [3.8, 4) is 22.5 Å². The molecule has 0 amide bonds. The van der Waals surface area contributed by atoms with Gasteiger partial charge in [-0.05, 0) is 59.5 Å². The van der Waals surface area contributed by atoms with Gasteiger partial charge in [-0.2, -0.15) is 0 Å². The highest BCUT2D eigenvalue weighted by Crippen LogP contribution is 2.35. The molecule has 0 bridgehead atoms. The summed E-state index contributed by atoms with van der Waals surface area (Å²) in [6.45, 7) is 0.815. The van der Waals surface area contributed by atoms with E-state index in [9.17, 15) is 9.59 Å². The van der Waals surface area contributed by atoms with Crippen LogP contribution in [0.5, 0.6) is 0 Å². The standard InChI is InChI=1S/C20H15ClN4O.C20H17N5O.2CH4/c2*21-19-22-17-15-9-5-4-8-14(15)10-11-16(17)18-23-24(20(26)25(18)19)12-13-6-2-1-3-7-13;;/h1-9H,10-12H2;1-9H,10-12H2,(H2,21,22);2*1H4. The number of hydrogen-bond acceptors (Lipinski definition) is 7. The van der Waals surface area contributed by atoms with Crippen LogP contribution in [0.1, 0.15) is 48.2 Å². The number of aromatic nitrogens is 8. The molecule has 0 spiro atoms. The first-order valence-corrected chi connectivity index (χ1v) is 17.5. The van der Waals surface area contributed by atoms with Gasteiger partial charge in [0.1, 0.15) is 0 Å². The van der Waals surface area contributed by atoms with Crippen molar-refractivity contribution in [3.63, 3.8) is 0 Å². The number of benzene rings is 4. The minimum atomic E-state index is -0.261. The van der Waals surface area contributed by atoms with Crippen molar-refractivity contribution in [1.29, 1.82) is 0 Å². The number of hydrogen-bond donors (Lipinski definition) is 1. The Kier molecular flexibility index (Phi) is 9.74. The number of nitrogen functional groups attached to an aromatic ring is 1. The molecule has 272 valence electrons. The molecule has 0 saturated heterocycles. The molecule has 4 aromatic carbocycles. The zero-order valence-corrected chi connectivity index (χ0v) is 28.7. The second-order valence-electron chi connectivity index (χ2n) is 13.0. The molecule has 4 aromatic heterocycles. The maximum atomic E-state index is 12.8. The van der Waals surface area contributed by atoms with Crippen LogP contribution in [0.2, 0.25) is 5.28 Å². The monoisotopic (exact) mass is 737 g/mol. The van der Waals surface area contributed by atoms with Crippen LogP contribution in [0.25, 0.3) is 33.8 Å². The number of anilines is 1. The summed E-state index contributed by atoms with van der Waals surface area (Å²) in [5, 5.41) is 9.35. The molecule has 0 radical (unpaired) electrons. The molecule has 2 aliphatic carbocycles. The Morgan fingerprint density at radius 2 is 0.981 bits per heavy atom. The van der Waals surface area contributed by atoms with E-state index in [0.717, 1.165) is 70.5 Å². The fourth-order valence-corrected chi connectivity index (χ4v) is 7.55. The number of halogens is 1. The summed E-state index contributed by atoms with van der Waals surface area (Å²) in [6.07, 6.45) is 3.40. The molecule has 0 unspecified atom stereocenters. The minimum Gasteiger partial charge on any atom is -0.369 e. The summed E-state index contributed by atoms with van der Waals surface area (Å²) in [6, 6.07) is 36.0. The van der Waals surface area contributed by atoms with Crippen LogP contribution in [0, 0.1) is 0 Å². The Hall–Kier alpha value is -6.33. The van der Waals surface area contributed by atoms with E-state index in [1.807, 2.05) is 91.0 Å². The highest BCUT2D eigenvalue weighted by molar-refractivity contribution is 6.28. The van der Waals surface area contributed by atoms with Gasteiger partial charge in [0.15, 0.2) is 11.3 Å². The second-order valence-corrected chi connectivity index (χ2v) is 13.3. The van der Waals surface area contributed by atoms with E-state index in [0.29, 0.717) is 24.4 Å². The second kappa shape index (κ2) is 14.6. The molecule has 12 heteroatoms. The van der Waals surface area contributed by atoms with Crippen LogP contribution in [-0.2, 0) is 38.8 Å². The summed E-state index contributed by atoms with van der Waals surface area (Å²) in [7, 11) is 0. The molecule has 0 atom stereocenters. The Bertz CT molecular complexity index is 2580. The fourth-order valence-electron chi connectivity index (χ4n) is 7.32. The predicted octanol–water partition coefficient (Wildman–Crippen LogP) is 6.92. The Labute approximate surface area is 317 Å². The van der Waals surface area contributed by atoms with Gasteiger partial charge in [-0.1, -0.05) is 124 Å². The number of nitrogens with two attached hydrogens (primary N) is 1. The van der Waals surface area contributed by atoms with Crippen molar-refractivity contribution in [3.05, 3.63) is 169 Å². The van der Waals surface area contributed by atoms with E-state index in [1.54, 1.807) is 0 Å². The molecule has 10 rings (SSSR count). The summed E-state index contributed by atoms with van der Waals surface area (Å²) in [4.78, 5) is 34.7. The number of fused-ring (bicyclic) bond motifs is 10. The summed E-state index contributed by atoms with van der Waals surface area (Å²) in [5.74, 6) is 0.180. The first kappa shape index (κ1) is 36.0. The lowest BCUT2D eigenvalue weighted by molar-refractivity contribution is 0.658. The van der Waals surface area contributed by atoms with Crippen molar-refractivity contribution >= 4 is 28.8 Å². The van der Waals surface area contributed by atoms with E-state index in [4.69, 9.17) is 17.3 Å². The maximum absolute atomic E-state index is 12.8. The van der Waals surface area contributed by atoms with Crippen molar-refractivity contribution in [2.45, 2.75) is 53.6 Å². The Balaban J connectivity index is 0.000000161.